The molecular formula is C14H17ClN2S. The van der Waals surface area contributed by atoms with E-state index < -0.39 is 0 Å². The van der Waals surface area contributed by atoms with E-state index in [0.717, 1.165) is 17.1 Å². The fraction of sp³-hybridized carbons (Fsp3) is 0.500. The maximum absolute atomic E-state index is 6.03. The van der Waals surface area contributed by atoms with E-state index in [1.54, 1.807) is 11.3 Å². The van der Waals surface area contributed by atoms with E-state index in [-0.39, 0.29) is 5.41 Å². The molecule has 1 atom stereocenters. The van der Waals surface area contributed by atoms with Crippen molar-refractivity contribution >= 4 is 33.2 Å². The number of nitrogens with one attached hydrogen (secondary N) is 1. The van der Waals surface area contributed by atoms with Gasteiger partial charge in [-0.05, 0) is 43.0 Å². The van der Waals surface area contributed by atoms with Crippen molar-refractivity contribution in [1.82, 2.24) is 10.3 Å². The fourth-order valence-corrected chi connectivity index (χ4v) is 4.20. The lowest BCUT2D eigenvalue weighted by Gasteiger charge is -2.38. The summed E-state index contributed by atoms with van der Waals surface area (Å²) < 4.78 is 1.18. The third-order valence-electron chi connectivity index (χ3n) is 3.74. The summed E-state index contributed by atoms with van der Waals surface area (Å²) in [5.41, 5.74) is 1.33. The van der Waals surface area contributed by atoms with Gasteiger partial charge in [0.15, 0.2) is 0 Å². The highest BCUT2D eigenvalue weighted by Gasteiger charge is 2.35. The minimum absolute atomic E-state index is 0.274. The highest BCUT2D eigenvalue weighted by atomic mass is 35.5. The second-order valence-corrected chi connectivity index (χ2v) is 7.14. The SMILES string of the molecule is CC1(C)CCCNC1c1nc2ccc(Cl)cc2s1. The van der Waals surface area contributed by atoms with Crippen LogP contribution in [0.4, 0.5) is 0 Å². The van der Waals surface area contributed by atoms with Crippen molar-refractivity contribution in [2.75, 3.05) is 6.54 Å². The Labute approximate surface area is 116 Å². The number of piperidine rings is 1. The van der Waals surface area contributed by atoms with Gasteiger partial charge in [0, 0.05) is 5.02 Å². The molecule has 1 unspecified atom stereocenters. The molecule has 18 heavy (non-hydrogen) atoms. The Balaban J connectivity index is 2.03. The van der Waals surface area contributed by atoms with Crippen LogP contribution >= 0.6 is 22.9 Å². The third kappa shape index (κ3) is 2.15. The van der Waals surface area contributed by atoms with E-state index in [2.05, 4.69) is 19.2 Å². The molecule has 1 aliphatic heterocycles. The maximum atomic E-state index is 6.03. The summed E-state index contributed by atoms with van der Waals surface area (Å²) in [6.45, 7) is 5.73. The highest BCUT2D eigenvalue weighted by Crippen LogP contribution is 2.42. The predicted molar refractivity (Wildman–Crippen MR) is 78.4 cm³/mol. The maximum Gasteiger partial charge on any atom is 0.111 e. The van der Waals surface area contributed by atoms with Crippen molar-refractivity contribution < 1.29 is 0 Å². The van der Waals surface area contributed by atoms with Crippen LogP contribution in [0.15, 0.2) is 18.2 Å². The lowest BCUT2D eigenvalue weighted by Crippen LogP contribution is -2.39. The summed E-state index contributed by atoms with van der Waals surface area (Å²) in [7, 11) is 0. The Bertz CT molecular complexity index is 576. The van der Waals surface area contributed by atoms with Crippen LogP contribution < -0.4 is 5.32 Å². The summed E-state index contributed by atoms with van der Waals surface area (Å²) >= 11 is 7.80. The fourth-order valence-electron chi connectivity index (χ4n) is 2.67. The smallest absolute Gasteiger partial charge is 0.111 e. The van der Waals surface area contributed by atoms with Gasteiger partial charge in [0.1, 0.15) is 5.01 Å². The van der Waals surface area contributed by atoms with Crippen LogP contribution in [0.1, 0.15) is 37.7 Å². The molecule has 4 heteroatoms. The van der Waals surface area contributed by atoms with E-state index in [1.165, 1.54) is 22.5 Å². The van der Waals surface area contributed by atoms with Crippen LogP contribution in [0.5, 0.6) is 0 Å². The van der Waals surface area contributed by atoms with Crippen LogP contribution in [0, 0.1) is 5.41 Å². The lowest BCUT2D eigenvalue weighted by molar-refractivity contribution is 0.181. The first-order chi connectivity index (χ1) is 8.56. The molecule has 0 bridgehead atoms. The Morgan fingerprint density at radius 3 is 3.06 bits per heavy atom. The standard InChI is InChI=1S/C14H17ClN2S/c1-14(2)6-3-7-16-12(14)13-17-10-5-4-9(15)8-11(10)18-13/h4-5,8,12,16H,3,6-7H2,1-2H3. The Morgan fingerprint density at radius 2 is 2.28 bits per heavy atom. The number of nitrogens with zero attached hydrogens (tertiary/aromatic N) is 1. The normalized spacial score (nSPS) is 23.4. The van der Waals surface area contributed by atoms with Gasteiger partial charge in [0.25, 0.3) is 0 Å². The van der Waals surface area contributed by atoms with Crippen molar-refractivity contribution in [3.8, 4) is 0 Å². The quantitative estimate of drug-likeness (QED) is 0.837. The zero-order valence-electron chi connectivity index (χ0n) is 10.7. The topological polar surface area (TPSA) is 24.9 Å². The number of aromatic nitrogens is 1. The molecule has 1 aliphatic rings. The van der Waals surface area contributed by atoms with Gasteiger partial charge in [0.05, 0.1) is 16.3 Å². The predicted octanol–water partition coefficient (Wildman–Crippen LogP) is 4.40. The van der Waals surface area contributed by atoms with Crippen molar-refractivity contribution in [3.63, 3.8) is 0 Å². The summed E-state index contributed by atoms with van der Waals surface area (Å²) in [5, 5.41) is 5.59. The Hall–Kier alpha value is -0.640. The molecule has 0 amide bonds. The van der Waals surface area contributed by atoms with Gasteiger partial charge in [-0.1, -0.05) is 25.4 Å². The molecule has 0 saturated carbocycles. The third-order valence-corrected chi connectivity index (χ3v) is 5.06. The first kappa shape index (κ1) is 12.4. The van der Waals surface area contributed by atoms with Crippen molar-refractivity contribution in [2.45, 2.75) is 32.7 Å². The Morgan fingerprint density at radius 1 is 1.44 bits per heavy atom. The van der Waals surface area contributed by atoms with E-state index in [0.29, 0.717) is 6.04 Å². The first-order valence-electron chi connectivity index (χ1n) is 6.36. The number of fused-ring (bicyclic) bond motifs is 1. The minimum Gasteiger partial charge on any atom is -0.307 e. The van der Waals surface area contributed by atoms with Gasteiger partial charge < -0.3 is 5.32 Å². The van der Waals surface area contributed by atoms with E-state index in [9.17, 15) is 0 Å². The summed E-state index contributed by atoms with van der Waals surface area (Å²) in [4.78, 5) is 4.77. The molecule has 1 fully saturated rings. The molecule has 1 aromatic carbocycles. The molecule has 3 rings (SSSR count). The molecule has 0 spiro atoms. The molecule has 96 valence electrons. The number of rotatable bonds is 1. The van der Waals surface area contributed by atoms with Gasteiger partial charge in [-0.15, -0.1) is 11.3 Å². The lowest BCUT2D eigenvalue weighted by atomic mass is 9.78. The number of thiazole rings is 1. The average Bonchev–Trinajstić information content (AvgIpc) is 2.70. The summed E-state index contributed by atoms with van der Waals surface area (Å²) in [6, 6.07) is 6.29. The molecule has 2 aromatic rings. The first-order valence-corrected chi connectivity index (χ1v) is 7.55. The molecule has 2 nitrogen and oxygen atoms in total. The molecule has 0 radical (unpaired) electrons. The second-order valence-electron chi connectivity index (χ2n) is 5.64. The average molecular weight is 281 g/mol. The largest absolute Gasteiger partial charge is 0.307 e. The minimum atomic E-state index is 0.274. The van der Waals surface area contributed by atoms with Crippen molar-refractivity contribution in [2.24, 2.45) is 5.41 Å². The summed E-state index contributed by atoms with van der Waals surface area (Å²) in [5.74, 6) is 0. The van der Waals surface area contributed by atoms with Crippen LogP contribution in [-0.4, -0.2) is 11.5 Å². The molecule has 1 aromatic heterocycles. The molecule has 0 aliphatic carbocycles. The molecule has 1 saturated heterocycles. The van der Waals surface area contributed by atoms with Crippen LogP contribution in [-0.2, 0) is 0 Å². The van der Waals surface area contributed by atoms with Gasteiger partial charge in [-0.25, -0.2) is 4.98 Å². The van der Waals surface area contributed by atoms with Crippen molar-refractivity contribution in [1.29, 1.82) is 0 Å². The number of benzene rings is 1. The van der Waals surface area contributed by atoms with E-state index in [1.807, 2.05) is 18.2 Å². The Kier molecular flexibility index (Phi) is 3.08. The monoisotopic (exact) mass is 280 g/mol. The van der Waals surface area contributed by atoms with Gasteiger partial charge in [0.2, 0.25) is 0 Å². The second kappa shape index (κ2) is 4.48. The van der Waals surface area contributed by atoms with E-state index in [4.69, 9.17) is 16.6 Å². The molecule has 2 heterocycles. The number of hydrogen-bond acceptors (Lipinski definition) is 3. The molecular weight excluding hydrogens is 264 g/mol. The number of halogens is 1. The van der Waals surface area contributed by atoms with E-state index >= 15 is 0 Å². The van der Waals surface area contributed by atoms with Gasteiger partial charge >= 0.3 is 0 Å². The van der Waals surface area contributed by atoms with Crippen LogP contribution in [0.3, 0.4) is 0 Å². The van der Waals surface area contributed by atoms with Crippen molar-refractivity contribution in [3.05, 3.63) is 28.2 Å². The van der Waals surface area contributed by atoms with Crippen LogP contribution in [0.2, 0.25) is 5.02 Å². The van der Waals surface area contributed by atoms with Gasteiger partial charge in [-0.2, -0.15) is 0 Å². The zero-order chi connectivity index (χ0) is 12.8. The van der Waals surface area contributed by atoms with Crippen LogP contribution in [0.25, 0.3) is 10.2 Å². The molecule has 1 N–H and O–H groups in total. The highest BCUT2D eigenvalue weighted by molar-refractivity contribution is 7.18. The zero-order valence-corrected chi connectivity index (χ0v) is 12.2. The number of hydrogen-bond donors (Lipinski definition) is 1. The summed E-state index contributed by atoms with van der Waals surface area (Å²) in [6.07, 6.45) is 2.50. The van der Waals surface area contributed by atoms with Gasteiger partial charge in [-0.3, -0.25) is 0 Å².